The van der Waals surface area contributed by atoms with Crippen LogP contribution in [0.3, 0.4) is 0 Å². The largest absolute Gasteiger partial charge is 0.323 e. The molecule has 0 amide bonds. The smallest absolute Gasteiger partial charge is 0.110 e. The number of halogens is 1. The Morgan fingerprint density at radius 2 is 1.86 bits per heavy atom. The topological polar surface area (TPSA) is 38.9 Å². The van der Waals surface area contributed by atoms with Gasteiger partial charge in [0.15, 0.2) is 0 Å². The lowest BCUT2D eigenvalue weighted by molar-refractivity contribution is 0.831. The van der Waals surface area contributed by atoms with Crippen LogP contribution in [0.5, 0.6) is 0 Å². The average Bonchev–Trinajstić information content (AvgIpc) is 2.53. The number of pyridine rings is 1. The third-order valence-electron chi connectivity index (χ3n) is 3.33. The first-order valence-corrected chi connectivity index (χ1v) is 8.49. The molecule has 0 saturated carbocycles. The van der Waals surface area contributed by atoms with Crippen molar-refractivity contribution in [3.05, 3.63) is 70.8 Å². The number of rotatable bonds is 4. The van der Waals surface area contributed by atoms with E-state index in [4.69, 9.17) is 5.73 Å². The predicted octanol–water partition coefficient (Wildman–Crippen LogP) is 4.79. The molecular weight excluding hydrogens is 344 g/mol. The van der Waals surface area contributed by atoms with Gasteiger partial charge in [-0.2, -0.15) is 0 Å². The van der Waals surface area contributed by atoms with Crippen LogP contribution in [0.15, 0.2) is 70.3 Å². The van der Waals surface area contributed by atoms with E-state index in [2.05, 4.69) is 63.4 Å². The molecule has 2 nitrogen and oxygen atoms in total. The summed E-state index contributed by atoms with van der Waals surface area (Å²) in [7, 11) is 0. The van der Waals surface area contributed by atoms with Crippen LogP contribution in [0.2, 0.25) is 0 Å². The van der Waals surface area contributed by atoms with Crippen LogP contribution in [0.25, 0.3) is 10.8 Å². The van der Waals surface area contributed by atoms with Crippen LogP contribution in [-0.4, -0.2) is 10.7 Å². The van der Waals surface area contributed by atoms with Crippen LogP contribution in [0.1, 0.15) is 11.6 Å². The molecule has 1 unspecified atom stereocenters. The van der Waals surface area contributed by atoms with Gasteiger partial charge >= 0.3 is 0 Å². The molecule has 0 aliphatic rings. The molecule has 2 aromatic carbocycles. The predicted molar refractivity (Wildman–Crippen MR) is 93.5 cm³/mol. The summed E-state index contributed by atoms with van der Waals surface area (Å²) in [6.45, 7) is 0. The first-order chi connectivity index (χ1) is 10.2. The lowest BCUT2D eigenvalue weighted by Crippen LogP contribution is -2.13. The van der Waals surface area contributed by atoms with Crippen molar-refractivity contribution in [1.29, 1.82) is 0 Å². The van der Waals surface area contributed by atoms with E-state index in [0.29, 0.717) is 0 Å². The molecule has 2 N–H and O–H groups in total. The van der Waals surface area contributed by atoms with Gasteiger partial charge in [0.05, 0.1) is 0 Å². The minimum atomic E-state index is -0.00601. The first kappa shape index (κ1) is 14.6. The van der Waals surface area contributed by atoms with E-state index in [-0.39, 0.29) is 6.04 Å². The Labute approximate surface area is 136 Å². The number of fused-ring (bicyclic) bond motifs is 1. The SMILES string of the molecule is NC(CSc1ncccc1Br)c1ccc2ccccc2c1. The zero-order chi connectivity index (χ0) is 14.7. The normalized spacial score (nSPS) is 12.5. The second kappa shape index (κ2) is 6.60. The molecule has 0 spiro atoms. The lowest BCUT2D eigenvalue weighted by Gasteiger charge is -2.13. The third-order valence-corrected chi connectivity index (χ3v) is 5.35. The quantitative estimate of drug-likeness (QED) is 0.681. The van der Waals surface area contributed by atoms with E-state index in [1.54, 1.807) is 18.0 Å². The Balaban J connectivity index is 1.75. The molecule has 21 heavy (non-hydrogen) atoms. The Hall–Kier alpha value is -1.36. The number of nitrogens with two attached hydrogens (primary N) is 1. The van der Waals surface area contributed by atoms with Gasteiger partial charge in [-0.15, -0.1) is 11.8 Å². The van der Waals surface area contributed by atoms with Crippen LogP contribution in [0, 0.1) is 0 Å². The number of aromatic nitrogens is 1. The Morgan fingerprint density at radius 1 is 1.05 bits per heavy atom. The summed E-state index contributed by atoms with van der Waals surface area (Å²) < 4.78 is 1.01. The Bertz CT molecular complexity index is 760. The second-order valence-electron chi connectivity index (χ2n) is 4.81. The minimum Gasteiger partial charge on any atom is -0.323 e. The summed E-state index contributed by atoms with van der Waals surface area (Å²) in [6.07, 6.45) is 1.80. The molecule has 1 aromatic heterocycles. The second-order valence-corrected chi connectivity index (χ2v) is 6.68. The van der Waals surface area contributed by atoms with Crippen molar-refractivity contribution in [2.45, 2.75) is 11.1 Å². The van der Waals surface area contributed by atoms with Crippen molar-refractivity contribution in [3.8, 4) is 0 Å². The van der Waals surface area contributed by atoms with Crippen molar-refractivity contribution in [2.24, 2.45) is 5.73 Å². The van der Waals surface area contributed by atoms with Crippen molar-refractivity contribution < 1.29 is 0 Å². The number of nitrogens with zero attached hydrogens (tertiary/aromatic N) is 1. The fourth-order valence-corrected chi connectivity index (χ4v) is 3.65. The highest BCUT2D eigenvalue weighted by Gasteiger charge is 2.09. The number of hydrogen-bond donors (Lipinski definition) is 1. The zero-order valence-electron chi connectivity index (χ0n) is 11.4. The third kappa shape index (κ3) is 3.46. The molecule has 0 bridgehead atoms. The number of hydrogen-bond acceptors (Lipinski definition) is 3. The van der Waals surface area contributed by atoms with Gasteiger partial charge in [-0.1, -0.05) is 36.4 Å². The molecular formula is C17H15BrN2S. The highest BCUT2D eigenvalue weighted by Crippen LogP contribution is 2.28. The number of thioether (sulfide) groups is 1. The molecule has 3 rings (SSSR count). The molecule has 1 atom stereocenters. The van der Waals surface area contributed by atoms with Crippen molar-refractivity contribution in [2.75, 3.05) is 5.75 Å². The van der Waals surface area contributed by atoms with Gasteiger partial charge in [0.2, 0.25) is 0 Å². The van der Waals surface area contributed by atoms with Gasteiger partial charge in [0.1, 0.15) is 5.03 Å². The maximum Gasteiger partial charge on any atom is 0.110 e. The van der Waals surface area contributed by atoms with Crippen molar-refractivity contribution in [3.63, 3.8) is 0 Å². The van der Waals surface area contributed by atoms with Gasteiger partial charge in [0.25, 0.3) is 0 Å². The van der Waals surface area contributed by atoms with E-state index in [0.717, 1.165) is 20.8 Å². The van der Waals surface area contributed by atoms with E-state index in [1.807, 2.05) is 12.1 Å². The van der Waals surface area contributed by atoms with Gasteiger partial charge in [-0.25, -0.2) is 4.98 Å². The van der Waals surface area contributed by atoms with Crippen molar-refractivity contribution >= 4 is 38.5 Å². The Kier molecular flexibility index (Phi) is 4.58. The molecule has 106 valence electrons. The summed E-state index contributed by atoms with van der Waals surface area (Å²) in [4.78, 5) is 4.35. The highest BCUT2D eigenvalue weighted by molar-refractivity contribution is 9.10. The molecule has 1 heterocycles. The Morgan fingerprint density at radius 3 is 2.67 bits per heavy atom. The zero-order valence-corrected chi connectivity index (χ0v) is 13.8. The molecule has 0 aliphatic heterocycles. The van der Waals surface area contributed by atoms with Gasteiger partial charge in [-0.3, -0.25) is 0 Å². The molecule has 0 radical (unpaired) electrons. The van der Waals surface area contributed by atoms with E-state index < -0.39 is 0 Å². The summed E-state index contributed by atoms with van der Waals surface area (Å²) >= 11 is 5.18. The van der Waals surface area contributed by atoms with E-state index in [9.17, 15) is 0 Å². The molecule has 3 aromatic rings. The maximum atomic E-state index is 6.32. The van der Waals surface area contributed by atoms with Crippen molar-refractivity contribution in [1.82, 2.24) is 4.98 Å². The van der Waals surface area contributed by atoms with Gasteiger partial charge in [0, 0.05) is 22.5 Å². The molecule has 4 heteroatoms. The molecule has 0 fully saturated rings. The average molecular weight is 359 g/mol. The maximum absolute atomic E-state index is 6.32. The van der Waals surface area contributed by atoms with Crippen LogP contribution in [0.4, 0.5) is 0 Å². The first-order valence-electron chi connectivity index (χ1n) is 6.71. The van der Waals surface area contributed by atoms with Crippen LogP contribution >= 0.6 is 27.7 Å². The standard InChI is InChI=1S/C17H15BrN2S/c18-15-6-3-9-20-17(15)21-11-16(19)14-8-7-12-4-1-2-5-13(12)10-14/h1-10,16H,11,19H2. The highest BCUT2D eigenvalue weighted by atomic mass is 79.9. The summed E-state index contributed by atoms with van der Waals surface area (Å²) in [5, 5.41) is 3.46. The lowest BCUT2D eigenvalue weighted by atomic mass is 10.0. The minimum absolute atomic E-state index is 0.00601. The summed E-state index contributed by atoms with van der Waals surface area (Å²) in [6, 6.07) is 18.7. The molecule has 0 saturated heterocycles. The summed E-state index contributed by atoms with van der Waals surface area (Å²) in [5.41, 5.74) is 7.48. The fourth-order valence-electron chi connectivity index (χ4n) is 2.18. The summed E-state index contributed by atoms with van der Waals surface area (Å²) in [5.74, 6) is 0.800. The monoisotopic (exact) mass is 358 g/mol. The van der Waals surface area contributed by atoms with Crippen LogP contribution in [-0.2, 0) is 0 Å². The van der Waals surface area contributed by atoms with E-state index in [1.165, 1.54) is 10.8 Å². The van der Waals surface area contributed by atoms with Gasteiger partial charge < -0.3 is 5.73 Å². The fraction of sp³-hybridized carbons (Fsp3) is 0.118. The molecule has 0 aliphatic carbocycles. The van der Waals surface area contributed by atoms with Gasteiger partial charge in [-0.05, 0) is 50.5 Å². The van der Waals surface area contributed by atoms with E-state index >= 15 is 0 Å². The number of benzene rings is 2. The van der Waals surface area contributed by atoms with Crippen LogP contribution < -0.4 is 5.73 Å².